The van der Waals surface area contributed by atoms with Gasteiger partial charge >= 0.3 is 0 Å². The van der Waals surface area contributed by atoms with Gasteiger partial charge in [0.2, 0.25) is 0 Å². The van der Waals surface area contributed by atoms with Crippen LogP contribution >= 0.6 is 27.3 Å². The highest BCUT2D eigenvalue weighted by Gasteiger charge is 2.18. The van der Waals surface area contributed by atoms with E-state index in [0.29, 0.717) is 5.13 Å². The highest BCUT2D eigenvalue weighted by atomic mass is 79.9. The molecule has 2 aromatic heterocycles. The molecule has 0 aliphatic rings. The monoisotopic (exact) mass is 378 g/mol. The van der Waals surface area contributed by atoms with E-state index in [0.717, 1.165) is 20.4 Å². The average molecular weight is 379 g/mol. The maximum absolute atomic E-state index is 12.4. The van der Waals surface area contributed by atoms with Crippen LogP contribution in [0.25, 0.3) is 10.2 Å². The van der Waals surface area contributed by atoms with E-state index in [2.05, 4.69) is 37.4 Å². The van der Waals surface area contributed by atoms with Crippen LogP contribution in [0, 0.1) is 13.8 Å². The Hall–Kier alpha value is -1.73. The highest BCUT2D eigenvalue weighted by molar-refractivity contribution is 9.10. The SMILES string of the molecule is Cc1ccc2nc(NC(=O)C(C)n3cc(Br)c(C)n3)sc2c1. The molecule has 0 radical (unpaired) electrons. The number of nitrogens with one attached hydrogen (secondary N) is 1. The first-order valence-electron chi connectivity index (χ1n) is 6.83. The number of hydrogen-bond donors (Lipinski definition) is 1. The van der Waals surface area contributed by atoms with E-state index in [9.17, 15) is 4.79 Å². The molecule has 0 aliphatic heterocycles. The summed E-state index contributed by atoms with van der Waals surface area (Å²) in [6.07, 6.45) is 1.81. The molecule has 2 heterocycles. The molecule has 3 rings (SSSR count). The summed E-state index contributed by atoms with van der Waals surface area (Å²) in [7, 11) is 0. The number of nitrogens with zero attached hydrogens (tertiary/aromatic N) is 3. The van der Waals surface area contributed by atoms with Crippen LogP contribution in [0.15, 0.2) is 28.9 Å². The lowest BCUT2D eigenvalue weighted by Crippen LogP contribution is -2.24. The summed E-state index contributed by atoms with van der Waals surface area (Å²) in [4.78, 5) is 16.8. The van der Waals surface area contributed by atoms with Gasteiger partial charge in [-0.15, -0.1) is 0 Å². The van der Waals surface area contributed by atoms with Crippen molar-refractivity contribution in [2.45, 2.75) is 26.8 Å². The minimum Gasteiger partial charge on any atom is -0.300 e. The highest BCUT2D eigenvalue weighted by Crippen LogP contribution is 2.27. The van der Waals surface area contributed by atoms with Gasteiger partial charge in [0.15, 0.2) is 5.13 Å². The van der Waals surface area contributed by atoms with Gasteiger partial charge in [0.25, 0.3) is 5.91 Å². The number of aromatic nitrogens is 3. The minimum absolute atomic E-state index is 0.134. The molecule has 1 atom stereocenters. The molecule has 1 N–H and O–H groups in total. The van der Waals surface area contributed by atoms with E-state index in [-0.39, 0.29) is 5.91 Å². The molecule has 0 fully saturated rings. The van der Waals surface area contributed by atoms with E-state index in [1.807, 2.05) is 32.9 Å². The first-order chi connectivity index (χ1) is 10.4. The standard InChI is InChI=1S/C15H15BrN4OS/c1-8-4-5-12-13(6-8)22-15(17-12)18-14(21)10(3)20-7-11(16)9(2)19-20/h4-7,10H,1-3H3,(H,17,18,21). The number of amides is 1. The lowest BCUT2D eigenvalue weighted by Gasteiger charge is -2.10. The molecule has 1 amide bonds. The van der Waals surface area contributed by atoms with Gasteiger partial charge in [0.1, 0.15) is 6.04 Å². The molecule has 0 bridgehead atoms. The van der Waals surface area contributed by atoms with Crippen molar-refractivity contribution < 1.29 is 4.79 Å². The molecule has 7 heteroatoms. The predicted octanol–water partition coefficient (Wildman–Crippen LogP) is 4.07. The average Bonchev–Trinajstić information content (AvgIpc) is 3.01. The number of fused-ring (bicyclic) bond motifs is 1. The lowest BCUT2D eigenvalue weighted by atomic mass is 10.2. The molecule has 114 valence electrons. The normalized spacial score (nSPS) is 12.5. The van der Waals surface area contributed by atoms with Gasteiger partial charge in [-0.3, -0.25) is 9.48 Å². The molecule has 0 spiro atoms. The van der Waals surface area contributed by atoms with Crippen molar-refractivity contribution in [1.29, 1.82) is 0 Å². The van der Waals surface area contributed by atoms with Crippen molar-refractivity contribution in [2.24, 2.45) is 0 Å². The smallest absolute Gasteiger partial charge is 0.250 e. The zero-order chi connectivity index (χ0) is 15.9. The van der Waals surface area contributed by atoms with Crippen molar-refractivity contribution in [1.82, 2.24) is 14.8 Å². The number of hydrogen-bond acceptors (Lipinski definition) is 4. The summed E-state index contributed by atoms with van der Waals surface area (Å²) < 4.78 is 3.61. The third-order valence-electron chi connectivity index (χ3n) is 3.41. The second kappa shape index (κ2) is 5.81. The zero-order valence-corrected chi connectivity index (χ0v) is 14.8. The molecule has 22 heavy (non-hydrogen) atoms. The van der Waals surface area contributed by atoms with Crippen LogP contribution in [0.3, 0.4) is 0 Å². The first-order valence-corrected chi connectivity index (χ1v) is 8.44. The van der Waals surface area contributed by atoms with Gasteiger partial charge in [0.05, 0.1) is 20.4 Å². The molecular formula is C15H15BrN4OS. The number of aryl methyl sites for hydroxylation is 2. The Kier molecular flexibility index (Phi) is 4.01. The topological polar surface area (TPSA) is 59.8 Å². The van der Waals surface area contributed by atoms with E-state index < -0.39 is 6.04 Å². The molecule has 1 aromatic carbocycles. The summed E-state index contributed by atoms with van der Waals surface area (Å²) in [6.45, 7) is 5.74. The Labute approximate surface area is 140 Å². The van der Waals surface area contributed by atoms with Crippen LogP contribution in [0.4, 0.5) is 5.13 Å². The van der Waals surface area contributed by atoms with Crippen molar-refractivity contribution in [3.63, 3.8) is 0 Å². The van der Waals surface area contributed by atoms with Crippen LogP contribution < -0.4 is 5.32 Å². The van der Waals surface area contributed by atoms with Crippen molar-refractivity contribution in [3.05, 3.63) is 40.1 Å². The quantitative estimate of drug-likeness (QED) is 0.746. The van der Waals surface area contributed by atoms with E-state index >= 15 is 0 Å². The van der Waals surface area contributed by atoms with Crippen LogP contribution in [-0.2, 0) is 4.79 Å². The Morgan fingerprint density at radius 3 is 2.86 bits per heavy atom. The largest absolute Gasteiger partial charge is 0.300 e. The molecule has 5 nitrogen and oxygen atoms in total. The fourth-order valence-corrected chi connectivity index (χ4v) is 3.33. The van der Waals surface area contributed by atoms with Crippen LogP contribution in [0.2, 0.25) is 0 Å². The van der Waals surface area contributed by atoms with Crippen molar-refractivity contribution >= 4 is 48.5 Å². The van der Waals surface area contributed by atoms with Crippen LogP contribution in [-0.4, -0.2) is 20.7 Å². The number of thiazole rings is 1. The third-order valence-corrected chi connectivity index (χ3v) is 5.12. The summed E-state index contributed by atoms with van der Waals surface area (Å²) >= 11 is 4.88. The Bertz CT molecular complexity index is 835. The molecule has 0 saturated heterocycles. The molecule has 3 aromatic rings. The summed E-state index contributed by atoms with van der Waals surface area (Å²) in [5.41, 5.74) is 2.94. The van der Waals surface area contributed by atoms with E-state index in [4.69, 9.17) is 0 Å². The van der Waals surface area contributed by atoms with Gasteiger partial charge in [-0.1, -0.05) is 17.4 Å². The second-order valence-corrected chi connectivity index (χ2v) is 7.08. The van der Waals surface area contributed by atoms with Gasteiger partial charge in [0, 0.05) is 6.20 Å². The number of benzene rings is 1. The molecule has 1 unspecified atom stereocenters. The first kappa shape index (κ1) is 15.2. The fraction of sp³-hybridized carbons (Fsp3) is 0.267. The number of rotatable bonds is 3. The zero-order valence-electron chi connectivity index (χ0n) is 12.4. The summed E-state index contributed by atoms with van der Waals surface area (Å²) in [5.74, 6) is -0.134. The lowest BCUT2D eigenvalue weighted by molar-refractivity contribution is -0.119. The Balaban J connectivity index is 1.80. The number of carbonyl (C=O) groups is 1. The van der Waals surface area contributed by atoms with Gasteiger partial charge < -0.3 is 5.32 Å². The Morgan fingerprint density at radius 1 is 1.41 bits per heavy atom. The van der Waals surface area contributed by atoms with Crippen molar-refractivity contribution in [2.75, 3.05) is 5.32 Å². The Morgan fingerprint density at radius 2 is 2.18 bits per heavy atom. The van der Waals surface area contributed by atoms with Crippen LogP contribution in [0.5, 0.6) is 0 Å². The minimum atomic E-state index is -0.404. The number of halogens is 1. The van der Waals surface area contributed by atoms with E-state index in [1.165, 1.54) is 16.9 Å². The molecule has 0 saturated carbocycles. The summed E-state index contributed by atoms with van der Waals surface area (Å²) in [5, 5.41) is 7.80. The van der Waals surface area contributed by atoms with E-state index in [1.54, 1.807) is 10.9 Å². The van der Waals surface area contributed by atoms with Gasteiger partial charge in [-0.2, -0.15) is 5.10 Å². The number of carbonyl (C=O) groups excluding carboxylic acids is 1. The maximum atomic E-state index is 12.4. The maximum Gasteiger partial charge on any atom is 0.250 e. The van der Waals surface area contributed by atoms with Gasteiger partial charge in [-0.05, 0) is 54.4 Å². The van der Waals surface area contributed by atoms with Crippen molar-refractivity contribution in [3.8, 4) is 0 Å². The third kappa shape index (κ3) is 2.91. The second-order valence-electron chi connectivity index (χ2n) is 5.20. The predicted molar refractivity (Wildman–Crippen MR) is 92.4 cm³/mol. The van der Waals surface area contributed by atoms with Gasteiger partial charge in [-0.25, -0.2) is 4.98 Å². The molecular weight excluding hydrogens is 364 g/mol. The number of anilines is 1. The molecule has 0 aliphatic carbocycles. The van der Waals surface area contributed by atoms with Crippen LogP contribution in [0.1, 0.15) is 24.2 Å². The summed E-state index contributed by atoms with van der Waals surface area (Å²) in [6, 6.07) is 5.65. The fourth-order valence-electron chi connectivity index (χ4n) is 2.07.